The van der Waals surface area contributed by atoms with Gasteiger partial charge in [-0.2, -0.15) is 0 Å². The van der Waals surface area contributed by atoms with Gasteiger partial charge in [0.2, 0.25) is 0 Å². The number of thioether (sulfide) groups is 1. The van der Waals surface area contributed by atoms with Crippen molar-refractivity contribution >= 4 is 52.2 Å². The molecule has 0 aromatic carbocycles. The molecule has 0 saturated carbocycles. The van der Waals surface area contributed by atoms with Crippen LogP contribution in [0.3, 0.4) is 0 Å². The van der Waals surface area contributed by atoms with Gasteiger partial charge in [-0.15, -0.1) is 23.4 Å². The van der Waals surface area contributed by atoms with Gasteiger partial charge < -0.3 is 0 Å². The number of hydrogen-bond acceptors (Lipinski definition) is 2. The highest BCUT2D eigenvalue weighted by molar-refractivity contribution is 14.1. The van der Waals surface area contributed by atoms with Crippen LogP contribution < -0.4 is 0 Å². The Morgan fingerprint density at radius 2 is 2.55 bits per heavy atom. The van der Waals surface area contributed by atoms with Crippen molar-refractivity contribution in [2.75, 3.05) is 5.88 Å². The molecule has 0 N–H and O–H groups in total. The Morgan fingerprint density at radius 3 is 3.09 bits per heavy atom. The van der Waals surface area contributed by atoms with Crippen molar-refractivity contribution in [1.29, 1.82) is 0 Å². The lowest BCUT2D eigenvalue weighted by Gasteiger charge is -2.09. The second-order valence-electron chi connectivity index (χ2n) is 2.45. The molecule has 0 spiro atoms. The molecule has 0 aromatic heterocycles. The minimum atomic E-state index is 0.462. The van der Waals surface area contributed by atoms with E-state index in [0.29, 0.717) is 14.5 Å². The molecule has 64 valence electrons. The van der Waals surface area contributed by atoms with E-state index in [-0.39, 0.29) is 0 Å². The minimum Gasteiger partial charge on any atom is -0.293 e. The summed E-state index contributed by atoms with van der Waals surface area (Å²) in [7, 11) is 0. The Morgan fingerprint density at radius 1 is 1.82 bits per heavy atom. The van der Waals surface area contributed by atoms with Crippen LogP contribution in [0, 0.1) is 0 Å². The highest BCUT2D eigenvalue weighted by atomic mass is 127. The molecule has 1 unspecified atom stereocenters. The third-order valence-electron chi connectivity index (χ3n) is 1.67. The van der Waals surface area contributed by atoms with Crippen LogP contribution in [-0.4, -0.2) is 26.6 Å². The predicted molar refractivity (Wildman–Crippen MR) is 62.5 cm³/mol. The third-order valence-corrected chi connectivity index (χ3v) is 4.89. The maximum absolute atomic E-state index is 5.81. The molecule has 0 aromatic rings. The van der Waals surface area contributed by atoms with Gasteiger partial charge in [-0.1, -0.05) is 22.6 Å². The van der Waals surface area contributed by atoms with Crippen molar-refractivity contribution in [3.05, 3.63) is 0 Å². The summed E-state index contributed by atoms with van der Waals surface area (Å²) in [5.41, 5.74) is 0. The Labute approximate surface area is 90.5 Å². The van der Waals surface area contributed by atoms with Gasteiger partial charge in [-0.05, 0) is 19.6 Å². The Hall–Kier alpha value is 1.04. The topological polar surface area (TPSA) is 12.4 Å². The summed E-state index contributed by atoms with van der Waals surface area (Å²) < 4.78 is 0.699. The van der Waals surface area contributed by atoms with Crippen LogP contribution in [-0.2, 0) is 0 Å². The summed E-state index contributed by atoms with van der Waals surface area (Å²) in [4.78, 5) is 4.39. The van der Waals surface area contributed by atoms with E-state index in [1.165, 1.54) is 6.42 Å². The normalized spacial score (nSPS) is 38.6. The molecule has 3 atom stereocenters. The first-order valence-corrected chi connectivity index (χ1v) is 6.33. The fraction of sp³-hybridized carbons (Fsp3) is 0.857. The molecule has 0 amide bonds. The van der Waals surface area contributed by atoms with Crippen molar-refractivity contribution in [3.63, 3.8) is 0 Å². The molecule has 0 radical (unpaired) electrons. The fourth-order valence-corrected chi connectivity index (χ4v) is 4.36. The highest BCUT2D eigenvalue weighted by Gasteiger charge is 2.32. The maximum Gasteiger partial charge on any atom is 0.0644 e. The Kier molecular flexibility index (Phi) is 4.53. The molecule has 4 heteroatoms. The average molecular weight is 304 g/mol. The zero-order chi connectivity index (χ0) is 8.27. The summed E-state index contributed by atoms with van der Waals surface area (Å²) in [6.45, 7) is 1.97. The lowest BCUT2D eigenvalue weighted by Crippen LogP contribution is -2.16. The molecule has 0 bridgehead atoms. The van der Waals surface area contributed by atoms with E-state index in [1.54, 1.807) is 0 Å². The monoisotopic (exact) mass is 303 g/mol. The van der Waals surface area contributed by atoms with E-state index in [2.05, 4.69) is 27.6 Å². The SMILES string of the molecule is C/C=N\[C@H]1C[C@@H](I)SC1CCl. The number of aliphatic imine (C=N–C) groups is 1. The third kappa shape index (κ3) is 2.77. The van der Waals surface area contributed by atoms with E-state index in [4.69, 9.17) is 11.6 Å². The van der Waals surface area contributed by atoms with Gasteiger partial charge in [0.1, 0.15) is 0 Å². The molecular formula is C7H11ClINS. The van der Waals surface area contributed by atoms with Crippen LogP contribution in [0.15, 0.2) is 4.99 Å². The van der Waals surface area contributed by atoms with Crippen LogP contribution in [0.25, 0.3) is 0 Å². The Bertz CT molecular complexity index is 153. The van der Waals surface area contributed by atoms with Gasteiger partial charge in [-0.25, -0.2) is 0 Å². The lowest BCUT2D eigenvalue weighted by molar-refractivity contribution is 0.681. The van der Waals surface area contributed by atoms with Gasteiger partial charge in [0, 0.05) is 11.1 Å². The second-order valence-corrected chi connectivity index (χ2v) is 6.55. The predicted octanol–water partition coefficient (Wildman–Crippen LogP) is 2.95. The van der Waals surface area contributed by atoms with Crippen molar-refractivity contribution in [3.8, 4) is 0 Å². The molecule has 1 saturated heterocycles. The van der Waals surface area contributed by atoms with E-state index in [0.717, 1.165) is 5.88 Å². The first-order chi connectivity index (χ1) is 5.27. The molecule has 0 aliphatic carbocycles. The number of rotatable bonds is 2. The van der Waals surface area contributed by atoms with Gasteiger partial charge >= 0.3 is 0 Å². The minimum absolute atomic E-state index is 0.462. The summed E-state index contributed by atoms with van der Waals surface area (Å²) in [6, 6.07) is 0.462. The first-order valence-electron chi connectivity index (χ1n) is 3.61. The molecule has 1 nitrogen and oxygen atoms in total. The van der Waals surface area contributed by atoms with Crippen molar-refractivity contribution < 1.29 is 0 Å². The molecule has 1 rings (SSSR count). The quantitative estimate of drug-likeness (QED) is 0.434. The van der Waals surface area contributed by atoms with E-state index >= 15 is 0 Å². The van der Waals surface area contributed by atoms with E-state index in [9.17, 15) is 0 Å². The van der Waals surface area contributed by atoms with Crippen LogP contribution in [0.2, 0.25) is 0 Å². The van der Waals surface area contributed by atoms with Crippen LogP contribution >= 0.6 is 46.0 Å². The summed E-state index contributed by atoms with van der Waals surface area (Å²) in [6.07, 6.45) is 3.06. The van der Waals surface area contributed by atoms with Gasteiger partial charge in [0.05, 0.1) is 9.30 Å². The number of nitrogens with zero attached hydrogens (tertiary/aromatic N) is 1. The zero-order valence-electron chi connectivity index (χ0n) is 6.34. The van der Waals surface area contributed by atoms with Gasteiger partial charge in [0.25, 0.3) is 0 Å². The summed E-state index contributed by atoms with van der Waals surface area (Å²) >= 11 is 10.2. The molecule has 1 fully saturated rings. The molecule has 11 heavy (non-hydrogen) atoms. The molecule has 1 aliphatic heterocycles. The van der Waals surface area contributed by atoms with Crippen LogP contribution in [0.1, 0.15) is 13.3 Å². The first kappa shape index (κ1) is 10.1. The van der Waals surface area contributed by atoms with Crippen molar-refractivity contribution in [2.24, 2.45) is 4.99 Å². The second kappa shape index (κ2) is 4.92. The van der Waals surface area contributed by atoms with Crippen molar-refractivity contribution in [1.82, 2.24) is 0 Å². The average Bonchev–Trinajstić information content (AvgIpc) is 2.32. The lowest BCUT2D eigenvalue weighted by atomic mass is 10.2. The van der Waals surface area contributed by atoms with Crippen LogP contribution in [0.5, 0.6) is 0 Å². The standard InChI is InChI=1S/C7H11ClINS/c1-2-10-5-3-7(9)11-6(5)4-8/h2,5-7H,3-4H2,1H3/b10-2-/t5-,6?,7-/m0/s1. The fourth-order valence-electron chi connectivity index (χ4n) is 1.17. The summed E-state index contributed by atoms with van der Waals surface area (Å²) in [5, 5.41) is 0.537. The zero-order valence-corrected chi connectivity index (χ0v) is 10.1. The number of alkyl halides is 2. The highest BCUT2D eigenvalue weighted by Crippen LogP contribution is 2.39. The largest absolute Gasteiger partial charge is 0.293 e. The number of halogens is 2. The van der Waals surface area contributed by atoms with Crippen molar-refractivity contribution in [2.45, 2.75) is 27.9 Å². The van der Waals surface area contributed by atoms with E-state index in [1.807, 2.05) is 24.9 Å². The van der Waals surface area contributed by atoms with Crippen LogP contribution in [0.4, 0.5) is 0 Å². The Balaban J connectivity index is 2.50. The van der Waals surface area contributed by atoms with Gasteiger partial charge in [0.15, 0.2) is 0 Å². The number of hydrogen-bond donors (Lipinski definition) is 0. The molecule has 1 heterocycles. The smallest absolute Gasteiger partial charge is 0.0644 e. The van der Waals surface area contributed by atoms with E-state index < -0.39 is 0 Å². The molecule has 1 aliphatic rings. The maximum atomic E-state index is 5.81. The van der Waals surface area contributed by atoms with Gasteiger partial charge in [-0.3, -0.25) is 4.99 Å². The molecular weight excluding hydrogens is 293 g/mol. The summed E-state index contributed by atoms with van der Waals surface area (Å²) in [5.74, 6) is 0.728.